The molecule has 0 fully saturated rings. The fourth-order valence-electron chi connectivity index (χ4n) is 0.822. The van der Waals surface area contributed by atoms with Gasteiger partial charge in [-0.2, -0.15) is 0 Å². The molecule has 0 saturated carbocycles. The highest BCUT2D eigenvalue weighted by atomic mass is 16.3. The van der Waals surface area contributed by atoms with Crippen molar-refractivity contribution in [2.75, 3.05) is 6.54 Å². The van der Waals surface area contributed by atoms with E-state index in [2.05, 4.69) is 11.6 Å². The average Bonchev–Trinajstić information content (AvgIpc) is 2.09. The Labute approximate surface area is 71.9 Å². The number of benzene rings is 1. The molecule has 0 atom stereocenters. The third-order valence-corrected chi connectivity index (χ3v) is 1.40. The van der Waals surface area contributed by atoms with Gasteiger partial charge in [0.2, 0.25) is 0 Å². The first-order chi connectivity index (χ1) is 5.84. The summed E-state index contributed by atoms with van der Waals surface area (Å²) < 4.78 is 0. The number of hydrogen-bond acceptors (Lipinski definition) is 2. The molecule has 0 radical (unpaired) electrons. The van der Waals surface area contributed by atoms with Crippen LogP contribution in [0.15, 0.2) is 41.9 Å². The van der Waals surface area contributed by atoms with Gasteiger partial charge in [-0.25, -0.2) is 0 Å². The number of aromatic hydroxyl groups is 1. The van der Waals surface area contributed by atoms with E-state index in [1.165, 1.54) is 0 Å². The lowest BCUT2D eigenvalue weighted by molar-refractivity contribution is 0.474. The Morgan fingerprint density at radius 2 is 2.17 bits per heavy atom. The molecular formula is C10H11NO. The molecule has 2 nitrogen and oxygen atoms in total. The Bertz CT molecular complexity index is 292. The molecule has 12 heavy (non-hydrogen) atoms. The fraction of sp³-hybridized carbons (Fsp3) is 0.100. The van der Waals surface area contributed by atoms with Crippen LogP contribution in [-0.4, -0.2) is 17.9 Å². The van der Waals surface area contributed by atoms with E-state index in [1.54, 1.807) is 24.4 Å². The largest absolute Gasteiger partial charge is 0.507 e. The second-order valence-corrected chi connectivity index (χ2v) is 2.34. The van der Waals surface area contributed by atoms with E-state index in [9.17, 15) is 5.11 Å². The van der Waals surface area contributed by atoms with Crippen LogP contribution in [0.3, 0.4) is 0 Å². The van der Waals surface area contributed by atoms with Crippen molar-refractivity contribution < 1.29 is 5.11 Å². The minimum Gasteiger partial charge on any atom is -0.507 e. The third-order valence-electron chi connectivity index (χ3n) is 1.40. The highest BCUT2D eigenvalue weighted by molar-refractivity contribution is 5.83. The lowest BCUT2D eigenvalue weighted by Gasteiger charge is -1.95. The molecule has 0 spiro atoms. The monoisotopic (exact) mass is 161 g/mol. The van der Waals surface area contributed by atoms with Gasteiger partial charge in [0.1, 0.15) is 5.75 Å². The first-order valence-electron chi connectivity index (χ1n) is 3.73. The molecule has 0 heterocycles. The molecule has 0 amide bonds. The zero-order chi connectivity index (χ0) is 8.81. The quantitative estimate of drug-likeness (QED) is 0.533. The topological polar surface area (TPSA) is 32.6 Å². The summed E-state index contributed by atoms with van der Waals surface area (Å²) in [4.78, 5) is 4.02. The summed E-state index contributed by atoms with van der Waals surface area (Å²) in [5.74, 6) is 0.255. The Morgan fingerprint density at radius 3 is 2.83 bits per heavy atom. The Kier molecular flexibility index (Phi) is 3.08. The first kappa shape index (κ1) is 8.53. The Hall–Kier alpha value is -1.57. The van der Waals surface area contributed by atoms with E-state index < -0.39 is 0 Å². The summed E-state index contributed by atoms with van der Waals surface area (Å²) >= 11 is 0. The van der Waals surface area contributed by atoms with Gasteiger partial charge in [0, 0.05) is 11.8 Å². The molecule has 0 aliphatic carbocycles. The SMILES string of the molecule is C=CCN=Cc1ccccc1O. The van der Waals surface area contributed by atoms with Gasteiger partial charge in [0.25, 0.3) is 0 Å². The van der Waals surface area contributed by atoms with E-state index in [-0.39, 0.29) is 5.75 Å². The van der Waals surface area contributed by atoms with Crippen molar-refractivity contribution in [2.45, 2.75) is 0 Å². The maximum atomic E-state index is 9.29. The molecule has 62 valence electrons. The summed E-state index contributed by atoms with van der Waals surface area (Å²) in [6, 6.07) is 7.08. The summed E-state index contributed by atoms with van der Waals surface area (Å²) in [6.45, 7) is 4.12. The number of phenolic OH excluding ortho intramolecular Hbond substituents is 1. The Morgan fingerprint density at radius 1 is 1.42 bits per heavy atom. The molecule has 1 N–H and O–H groups in total. The van der Waals surface area contributed by atoms with Gasteiger partial charge in [0.05, 0.1) is 6.54 Å². The fourth-order valence-corrected chi connectivity index (χ4v) is 0.822. The predicted molar refractivity (Wildman–Crippen MR) is 50.8 cm³/mol. The second-order valence-electron chi connectivity index (χ2n) is 2.34. The zero-order valence-corrected chi connectivity index (χ0v) is 6.77. The third kappa shape index (κ3) is 2.23. The lowest BCUT2D eigenvalue weighted by atomic mass is 10.2. The number of hydrogen-bond donors (Lipinski definition) is 1. The van der Waals surface area contributed by atoms with Gasteiger partial charge >= 0.3 is 0 Å². The molecule has 0 unspecified atom stereocenters. The van der Waals surface area contributed by atoms with Gasteiger partial charge in [-0.15, -0.1) is 6.58 Å². The van der Waals surface area contributed by atoms with Gasteiger partial charge in [-0.05, 0) is 12.1 Å². The first-order valence-corrected chi connectivity index (χ1v) is 3.73. The molecule has 1 rings (SSSR count). The van der Waals surface area contributed by atoms with Gasteiger partial charge in [-0.1, -0.05) is 18.2 Å². The van der Waals surface area contributed by atoms with Crippen LogP contribution < -0.4 is 0 Å². The van der Waals surface area contributed by atoms with Crippen LogP contribution in [0.5, 0.6) is 5.75 Å². The summed E-state index contributed by atoms with van der Waals surface area (Å²) in [6.07, 6.45) is 3.34. The number of phenols is 1. The van der Waals surface area contributed by atoms with Crippen molar-refractivity contribution in [3.63, 3.8) is 0 Å². The van der Waals surface area contributed by atoms with Crippen LogP contribution in [0.25, 0.3) is 0 Å². The highest BCUT2D eigenvalue weighted by Crippen LogP contribution is 2.12. The highest BCUT2D eigenvalue weighted by Gasteiger charge is 1.92. The molecule has 0 aliphatic heterocycles. The molecular weight excluding hydrogens is 150 g/mol. The van der Waals surface area contributed by atoms with Crippen molar-refractivity contribution in [3.8, 4) is 5.75 Å². The van der Waals surface area contributed by atoms with Crippen LogP contribution in [0.2, 0.25) is 0 Å². The van der Waals surface area contributed by atoms with Crippen LogP contribution in [0, 0.1) is 0 Å². The van der Waals surface area contributed by atoms with Crippen molar-refractivity contribution in [3.05, 3.63) is 42.5 Å². The normalized spacial score (nSPS) is 10.3. The van der Waals surface area contributed by atoms with E-state index >= 15 is 0 Å². The van der Waals surface area contributed by atoms with Gasteiger partial charge < -0.3 is 5.11 Å². The molecule has 0 saturated heterocycles. The van der Waals surface area contributed by atoms with E-state index in [4.69, 9.17) is 0 Å². The minimum absolute atomic E-state index is 0.255. The van der Waals surface area contributed by atoms with E-state index in [0.717, 1.165) is 5.56 Å². The molecule has 2 heteroatoms. The molecule has 1 aromatic carbocycles. The summed E-state index contributed by atoms with van der Waals surface area (Å²) in [5.41, 5.74) is 0.736. The second kappa shape index (κ2) is 4.34. The number of nitrogens with zero attached hydrogens (tertiary/aromatic N) is 1. The van der Waals surface area contributed by atoms with E-state index in [0.29, 0.717) is 6.54 Å². The van der Waals surface area contributed by atoms with Crippen LogP contribution in [0.1, 0.15) is 5.56 Å². The van der Waals surface area contributed by atoms with Crippen molar-refractivity contribution in [1.29, 1.82) is 0 Å². The smallest absolute Gasteiger partial charge is 0.124 e. The van der Waals surface area contributed by atoms with Gasteiger partial charge in [-0.3, -0.25) is 4.99 Å². The molecule has 1 aromatic rings. The lowest BCUT2D eigenvalue weighted by Crippen LogP contribution is -1.82. The maximum Gasteiger partial charge on any atom is 0.124 e. The van der Waals surface area contributed by atoms with E-state index in [1.807, 2.05) is 12.1 Å². The van der Waals surface area contributed by atoms with Crippen LogP contribution in [0.4, 0.5) is 0 Å². The maximum absolute atomic E-state index is 9.29. The van der Waals surface area contributed by atoms with Gasteiger partial charge in [0.15, 0.2) is 0 Å². The number of rotatable bonds is 3. The zero-order valence-electron chi connectivity index (χ0n) is 6.77. The number of aliphatic imine (C=N–C) groups is 1. The molecule has 0 aliphatic rings. The Balaban J connectivity index is 2.74. The predicted octanol–water partition coefficient (Wildman–Crippen LogP) is 2.00. The number of para-hydroxylation sites is 1. The average molecular weight is 161 g/mol. The van der Waals surface area contributed by atoms with Crippen LogP contribution >= 0.6 is 0 Å². The summed E-state index contributed by atoms with van der Waals surface area (Å²) in [7, 11) is 0. The van der Waals surface area contributed by atoms with Crippen molar-refractivity contribution >= 4 is 6.21 Å². The molecule has 0 aromatic heterocycles. The summed E-state index contributed by atoms with van der Waals surface area (Å²) in [5, 5.41) is 9.29. The standard InChI is InChI=1S/C10H11NO/c1-2-7-11-8-9-5-3-4-6-10(9)12/h2-6,8,12H,1,7H2. The molecule has 0 bridgehead atoms. The van der Waals surface area contributed by atoms with Crippen LogP contribution in [-0.2, 0) is 0 Å². The minimum atomic E-state index is 0.255. The van der Waals surface area contributed by atoms with Crippen molar-refractivity contribution in [2.24, 2.45) is 4.99 Å². The van der Waals surface area contributed by atoms with Crippen molar-refractivity contribution in [1.82, 2.24) is 0 Å².